The fourth-order valence-electron chi connectivity index (χ4n) is 2.63. The molecule has 3 heteroatoms. The molecule has 0 N–H and O–H groups in total. The largest absolute Gasteiger partial charge is 0.335 e. The van der Waals surface area contributed by atoms with E-state index in [-0.39, 0.29) is 23.7 Å². The van der Waals surface area contributed by atoms with E-state index in [9.17, 15) is 9.59 Å². The molecule has 1 saturated heterocycles. The van der Waals surface area contributed by atoms with Crippen molar-refractivity contribution < 1.29 is 9.59 Å². The summed E-state index contributed by atoms with van der Waals surface area (Å²) in [6.07, 6.45) is 0.772. The van der Waals surface area contributed by atoms with Crippen LogP contribution in [0, 0.1) is 5.92 Å². The van der Waals surface area contributed by atoms with Gasteiger partial charge in [-0.15, -0.1) is 0 Å². The highest BCUT2D eigenvalue weighted by Gasteiger charge is 2.38. The topological polar surface area (TPSA) is 37.4 Å². The van der Waals surface area contributed by atoms with Gasteiger partial charge in [-0.1, -0.05) is 30.3 Å². The summed E-state index contributed by atoms with van der Waals surface area (Å²) in [5.74, 6) is 0.159. The van der Waals surface area contributed by atoms with Crippen LogP contribution in [0.1, 0.15) is 31.9 Å². The average molecular weight is 231 g/mol. The van der Waals surface area contributed by atoms with Crippen molar-refractivity contribution in [2.45, 2.75) is 26.3 Å². The Balaban J connectivity index is 2.36. The number of benzene rings is 1. The lowest BCUT2D eigenvalue weighted by atomic mass is 9.91. The van der Waals surface area contributed by atoms with Crippen LogP contribution in [-0.2, 0) is 9.59 Å². The maximum atomic E-state index is 11.7. The summed E-state index contributed by atoms with van der Waals surface area (Å²) in [4.78, 5) is 25.1. The smallest absolute Gasteiger partial charge is 0.219 e. The molecule has 1 aliphatic rings. The molecule has 2 atom stereocenters. The molecule has 0 radical (unpaired) electrons. The van der Waals surface area contributed by atoms with Crippen molar-refractivity contribution in [2.75, 3.05) is 6.54 Å². The summed E-state index contributed by atoms with van der Waals surface area (Å²) < 4.78 is 0. The number of carbonyl (C=O) groups excluding carboxylic acids is 2. The van der Waals surface area contributed by atoms with Crippen molar-refractivity contribution in [3.63, 3.8) is 0 Å². The van der Waals surface area contributed by atoms with Crippen LogP contribution in [0.5, 0.6) is 0 Å². The predicted octanol–water partition coefficient (Wildman–Crippen LogP) is 2.19. The Labute approximate surface area is 101 Å². The Bertz CT molecular complexity index is 405. The summed E-state index contributed by atoms with van der Waals surface area (Å²) in [7, 11) is 0. The molecule has 0 bridgehead atoms. The first kappa shape index (κ1) is 11.8. The van der Waals surface area contributed by atoms with Crippen LogP contribution in [-0.4, -0.2) is 23.1 Å². The average Bonchev–Trinajstić information content (AvgIpc) is 2.74. The standard InChI is InChI=1S/C14H17NO2/c1-10(16)13-8-9-15(11(2)17)14(13)12-6-4-3-5-7-12/h3-7,13-14H,8-9H2,1-2H3. The lowest BCUT2D eigenvalue weighted by molar-refractivity contribution is -0.130. The van der Waals surface area contributed by atoms with Crippen molar-refractivity contribution >= 4 is 11.7 Å². The minimum absolute atomic E-state index is 0.0441. The van der Waals surface area contributed by atoms with Gasteiger partial charge in [0, 0.05) is 19.4 Å². The third-order valence-corrected chi connectivity index (χ3v) is 3.47. The lowest BCUT2D eigenvalue weighted by Crippen LogP contribution is -2.31. The summed E-state index contributed by atoms with van der Waals surface area (Å²) in [5.41, 5.74) is 1.06. The van der Waals surface area contributed by atoms with Gasteiger partial charge in [0.1, 0.15) is 5.78 Å². The summed E-state index contributed by atoms with van der Waals surface area (Å²) in [6, 6.07) is 9.74. The minimum Gasteiger partial charge on any atom is -0.335 e. The van der Waals surface area contributed by atoms with Gasteiger partial charge in [-0.2, -0.15) is 0 Å². The van der Waals surface area contributed by atoms with Gasteiger partial charge in [0.2, 0.25) is 5.91 Å². The van der Waals surface area contributed by atoms with E-state index < -0.39 is 0 Å². The SMILES string of the molecule is CC(=O)C1CCN(C(C)=O)C1c1ccccc1. The highest BCUT2D eigenvalue weighted by molar-refractivity contribution is 5.82. The van der Waals surface area contributed by atoms with Crippen molar-refractivity contribution in [2.24, 2.45) is 5.92 Å². The van der Waals surface area contributed by atoms with Crippen LogP contribution >= 0.6 is 0 Å². The number of amides is 1. The van der Waals surface area contributed by atoms with E-state index in [1.165, 1.54) is 0 Å². The predicted molar refractivity (Wildman–Crippen MR) is 65.4 cm³/mol. The van der Waals surface area contributed by atoms with E-state index in [0.717, 1.165) is 12.0 Å². The molecule has 3 nitrogen and oxygen atoms in total. The molecule has 1 heterocycles. The minimum atomic E-state index is -0.0776. The van der Waals surface area contributed by atoms with E-state index in [1.54, 1.807) is 18.7 Å². The van der Waals surface area contributed by atoms with E-state index in [1.807, 2.05) is 30.3 Å². The number of rotatable bonds is 2. The lowest BCUT2D eigenvalue weighted by Gasteiger charge is -2.26. The molecule has 0 aromatic heterocycles. The summed E-state index contributed by atoms with van der Waals surface area (Å²) in [5, 5.41) is 0. The Kier molecular flexibility index (Phi) is 3.27. The molecule has 0 saturated carbocycles. The zero-order chi connectivity index (χ0) is 12.4. The summed E-state index contributed by atoms with van der Waals surface area (Å²) in [6.45, 7) is 3.86. The first-order valence-corrected chi connectivity index (χ1v) is 5.94. The molecule has 1 aliphatic heterocycles. The van der Waals surface area contributed by atoms with Gasteiger partial charge in [0.05, 0.1) is 6.04 Å². The number of hydrogen-bond acceptors (Lipinski definition) is 2. The van der Waals surface area contributed by atoms with Crippen LogP contribution < -0.4 is 0 Å². The monoisotopic (exact) mass is 231 g/mol. The zero-order valence-corrected chi connectivity index (χ0v) is 10.2. The first-order chi connectivity index (χ1) is 8.11. The molecule has 0 aliphatic carbocycles. The van der Waals surface area contributed by atoms with Crippen molar-refractivity contribution in [3.8, 4) is 0 Å². The molecular formula is C14H17NO2. The van der Waals surface area contributed by atoms with Crippen LogP contribution in [0.4, 0.5) is 0 Å². The molecule has 17 heavy (non-hydrogen) atoms. The van der Waals surface area contributed by atoms with Crippen LogP contribution in [0.2, 0.25) is 0 Å². The number of hydrogen-bond donors (Lipinski definition) is 0. The second kappa shape index (κ2) is 4.70. The molecule has 1 fully saturated rings. The van der Waals surface area contributed by atoms with Crippen molar-refractivity contribution in [3.05, 3.63) is 35.9 Å². The molecular weight excluding hydrogens is 214 g/mol. The second-order valence-corrected chi connectivity index (χ2v) is 4.57. The van der Waals surface area contributed by atoms with Crippen LogP contribution in [0.15, 0.2) is 30.3 Å². The molecule has 2 rings (SSSR count). The first-order valence-electron chi connectivity index (χ1n) is 5.94. The van der Waals surface area contributed by atoms with Gasteiger partial charge in [-0.25, -0.2) is 0 Å². The van der Waals surface area contributed by atoms with Gasteiger partial charge in [0.15, 0.2) is 0 Å². The van der Waals surface area contributed by atoms with Gasteiger partial charge in [-0.05, 0) is 18.9 Å². The fraction of sp³-hybridized carbons (Fsp3) is 0.429. The highest BCUT2D eigenvalue weighted by atomic mass is 16.2. The van der Waals surface area contributed by atoms with Crippen molar-refractivity contribution in [1.82, 2.24) is 4.90 Å². The third kappa shape index (κ3) is 2.23. The molecule has 2 unspecified atom stereocenters. The maximum absolute atomic E-state index is 11.7. The number of Topliss-reactive ketones (excluding diaryl/α,β-unsaturated/α-hetero) is 1. The van der Waals surface area contributed by atoms with E-state index in [4.69, 9.17) is 0 Å². The Morgan fingerprint density at radius 1 is 1.18 bits per heavy atom. The maximum Gasteiger partial charge on any atom is 0.219 e. The number of carbonyl (C=O) groups is 2. The molecule has 1 amide bonds. The number of nitrogens with zero attached hydrogens (tertiary/aromatic N) is 1. The Morgan fingerprint density at radius 2 is 1.82 bits per heavy atom. The third-order valence-electron chi connectivity index (χ3n) is 3.47. The normalized spacial score (nSPS) is 23.8. The second-order valence-electron chi connectivity index (χ2n) is 4.57. The van der Waals surface area contributed by atoms with Gasteiger partial charge in [0.25, 0.3) is 0 Å². The van der Waals surface area contributed by atoms with E-state index in [0.29, 0.717) is 6.54 Å². The quantitative estimate of drug-likeness (QED) is 0.782. The number of ketones is 1. The van der Waals surface area contributed by atoms with Gasteiger partial charge < -0.3 is 4.90 Å². The van der Waals surface area contributed by atoms with E-state index >= 15 is 0 Å². The summed E-state index contributed by atoms with van der Waals surface area (Å²) >= 11 is 0. The zero-order valence-electron chi connectivity index (χ0n) is 10.2. The molecule has 1 aromatic carbocycles. The van der Waals surface area contributed by atoms with Gasteiger partial charge >= 0.3 is 0 Å². The molecule has 90 valence electrons. The highest BCUT2D eigenvalue weighted by Crippen LogP contribution is 2.37. The Morgan fingerprint density at radius 3 is 2.35 bits per heavy atom. The Hall–Kier alpha value is -1.64. The van der Waals surface area contributed by atoms with Crippen LogP contribution in [0.3, 0.4) is 0 Å². The molecule has 1 aromatic rings. The van der Waals surface area contributed by atoms with Crippen LogP contribution in [0.25, 0.3) is 0 Å². The molecule has 0 spiro atoms. The van der Waals surface area contributed by atoms with E-state index in [2.05, 4.69) is 0 Å². The van der Waals surface area contributed by atoms with Gasteiger partial charge in [-0.3, -0.25) is 9.59 Å². The van der Waals surface area contributed by atoms with Crippen molar-refractivity contribution in [1.29, 1.82) is 0 Å². The number of likely N-dealkylation sites (tertiary alicyclic amines) is 1. The fourth-order valence-corrected chi connectivity index (χ4v) is 2.63.